The van der Waals surface area contributed by atoms with Gasteiger partial charge in [0.2, 0.25) is 0 Å². The lowest BCUT2D eigenvalue weighted by Crippen LogP contribution is -2.23. The Morgan fingerprint density at radius 3 is 2.67 bits per heavy atom. The standard InChI is InChI=1S/C5H12N2O2/c6-3-4-1-2-5(8-4)9-7/h4-5H,1-3,6-7H2. The lowest BCUT2D eigenvalue weighted by molar-refractivity contribution is -0.133. The van der Waals surface area contributed by atoms with Crippen LogP contribution >= 0.6 is 0 Å². The number of hydrogen-bond donors (Lipinski definition) is 2. The van der Waals surface area contributed by atoms with E-state index < -0.39 is 0 Å². The van der Waals surface area contributed by atoms with Gasteiger partial charge in [-0.1, -0.05) is 0 Å². The van der Waals surface area contributed by atoms with Crippen molar-refractivity contribution in [1.82, 2.24) is 0 Å². The quantitative estimate of drug-likeness (QED) is 0.489. The molecule has 0 radical (unpaired) electrons. The van der Waals surface area contributed by atoms with Crippen molar-refractivity contribution in [3.05, 3.63) is 0 Å². The van der Waals surface area contributed by atoms with Crippen LogP contribution in [0, 0.1) is 0 Å². The number of nitrogens with two attached hydrogens (primary N) is 2. The van der Waals surface area contributed by atoms with E-state index in [1.807, 2.05) is 0 Å². The molecule has 0 saturated carbocycles. The van der Waals surface area contributed by atoms with Gasteiger partial charge in [-0.05, 0) is 6.42 Å². The maximum Gasteiger partial charge on any atom is 0.177 e. The Balaban J connectivity index is 2.20. The molecule has 4 heteroatoms. The molecule has 2 unspecified atom stereocenters. The van der Waals surface area contributed by atoms with E-state index in [1.165, 1.54) is 0 Å². The van der Waals surface area contributed by atoms with Crippen molar-refractivity contribution in [3.8, 4) is 0 Å². The highest BCUT2D eigenvalue weighted by atomic mass is 16.8. The first-order valence-corrected chi connectivity index (χ1v) is 3.08. The van der Waals surface area contributed by atoms with Crippen LogP contribution in [0.25, 0.3) is 0 Å². The monoisotopic (exact) mass is 132 g/mol. The summed E-state index contributed by atoms with van der Waals surface area (Å²) in [6.45, 7) is 0.555. The van der Waals surface area contributed by atoms with Crippen LogP contribution in [0.3, 0.4) is 0 Å². The highest BCUT2D eigenvalue weighted by Crippen LogP contribution is 2.17. The van der Waals surface area contributed by atoms with E-state index >= 15 is 0 Å². The third-order valence-electron chi connectivity index (χ3n) is 1.48. The molecular weight excluding hydrogens is 120 g/mol. The highest BCUT2D eigenvalue weighted by molar-refractivity contribution is 4.67. The molecule has 0 bridgehead atoms. The molecule has 0 amide bonds. The topological polar surface area (TPSA) is 70.5 Å². The maximum absolute atomic E-state index is 5.33. The Kier molecular flexibility index (Phi) is 2.41. The first-order valence-electron chi connectivity index (χ1n) is 3.08. The van der Waals surface area contributed by atoms with Gasteiger partial charge in [0.1, 0.15) is 0 Å². The van der Waals surface area contributed by atoms with Gasteiger partial charge in [0.25, 0.3) is 0 Å². The average Bonchev–Trinajstić information content (AvgIpc) is 2.34. The van der Waals surface area contributed by atoms with E-state index in [0.717, 1.165) is 12.8 Å². The van der Waals surface area contributed by atoms with Gasteiger partial charge in [0, 0.05) is 13.0 Å². The molecular formula is C5H12N2O2. The lowest BCUT2D eigenvalue weighted by Gasteiger charge is -2.08. The van der Waals surface area contributed by atoms with Crippen LogP contribution in [0.2, 0.25) is 0 Å². The minimum absolute atomic E-state index is 0.151. The molecule has 4 N–H and O–H groups in total. The summed E-state index contributed by atoms with van der Waals surface area (Å²) in [7, 11) is 0. The minimum atomic E-state index is -0.224. The summed E-state index contributed by atoms with van der Waals surface area (Å²) in [6, 6.07) is 0. The summed E-state index contributed by atoms with van der Waals surface area (Å²) in [6.07, 6.45) is 1.74. The fourth-order valence-electron chi connectivity index (χ4n) is 0.946. The largest absolute Gasteiger partial charge is 0.346 e. The van der Waals surface area contributed by atoms with Gasteiger partial charge in [-0.2, -0.15) is 0 Å². The fourth-order valence-corrected chi connectivity index (χ4v) is 0.946. The van der Waals surface area contributed by atoms with Crippen molar-refractivity contribution in [1.29, 1.82) is 0 Å². The highest BCUT2D eigenvalue weighted by Gasteiger charge is 2.23. The maximum atomic E-state index is 5.33. The smallest absolute Gasteiger partial charge is 0.177 e. The summed E-state index contributed by atoms with van der Waals surface area (Å²) in [5.41, 5.74) is 5.33. The minimum Gasteiger partial charge on any atom is -0.346 e. The van der Waals surface area contributed by atoms with Crippen LogP contribution < -0.4 is 11.6 Å². The van der Waals surface area contributed by atoms with Gasteiger partial charge in [0.15, 0.2) is 6.29 Å². The van der Waals surface area contributed by atoms with Crippen molar-refractivity contribution in [2.75, 3.05) is 6.54 Å². The molecule has 54 valence electrons. The Bertz CT molecular complexity index is 79.0. The van der Waals surface area contributed by atoms with E-state index in [2.05, 4.69) is 4.84 Å². The molecule has 1 saturated heterocycles. The Morgan fingerprint density at radius 1 is 1.56 bits per heavy atom. The zero-order valence-electron chi connectivity index (χ0n) is 5.25. The second kappa shape index (κ2) is 3.12. The van der Waals surface area contributed by atoms with Crippen LogP contribution in [-0.4, -0.2) is 18.9 Å². The van der Waals surface area contributed by atoms with Gasteiger partial charge < -0.3 is 10.5 Å². The summed E-state index contributed by atoms with van der Waals surface area (Å²) in [5.74, 6) is 4.88. The predicted molar refractivity (Wildman–Crippen MR) is 32.2 cm³/mol. The SMILES string of the molecule is NCC1CCC(ON)O1. The van der Waals surface area contributed by atoms with E-state index in [1.54, 1.807) is 0 Å². The third kappa shape index (κ3) is 1.62. The van der Waals surface area contributed by atoms with Crippen LogP contribution in [0.1, 0.15) is 12.8 Å². The Labute approximate surface area is 54.1 Å². The average molecular weight is 132 g/mol. The van der Waals surface area contributed by atoms with E-state index in [9.17, 15) is 0 Å². The second-order valence-electron chi connectivity index (χ2n) is 2.14. The predicted octanol–water partition coefficient (Wildman–Crippen LogP) is -0.660. The molecule has 1 aliphatic heterocycles. The second-order valence-corrected chi connectivity index (χ2v) is 2.14. The van der Waals surface area contributed by atoms with Crippen LogP contribution in [-0.2, 0) is 9.57 Å². The van der Waals surface area contributed by atoms with Crippen LogP contribution in [0.4, 0.5) is 0 Å². The number of ether oxygens (including phenoxy) is 1. The lowest BCUT2D eigenvalue weighted by atomic mass is 10.2. The molecule has 1 heterocycles. The first kappa shape index (κ1) is 6.95. The van der Waals surface area contributed by atoms with Crippen LogP contribution in [0.15, 0.2) is 0 Å². The zero-order valence-corrected chi connectivity index (χ0v) is 5.25. The molecule has 4 nitrogen and oxygen atoms in total. The first-order chi connectivity index (χ1) is 4.36. The molecule has 0 aromatic rings. The van der Waals surface area contributed by atoms with Gasteiger partial charge in [-0.25, -0.2) is 5.90 Å². The molecule has 1 rings (SSSR count). The van der Waals surface area contributed by atoms with Crippen LogP contribution in [0.5, 0.6) is 0 Å². The Morgan fingerprint density at radius 2 is 2.33 bits per heavy atom. The van der Waals surface area contributed by atoms with Crippen molar-refractivity contribution in [2.45, 2.75) is 25.2 Å². The summed E-state index contributed by atoms with van der Waals surface area (Å²) in [4.78, 5) is 4.47. The summed E-state index contributed by atoms with van der Waals surface area (Å²) >= 11 is 0. The molecule has 2 atom stereocenters. The van der Waals surface area contributed by atoms with Gasteiger partial charge in [-0.3, -0.25) is 4.84 Å². The number of rotatable bonds is 2. The third-order valence-corrected chi connectivity index (χ3v) is 1.48. The summed E-state index contributed by atoms with van der Waals surface area (Å²) in [5, 5.41) is 0. The molecule has 1 aliphatic rings. The van der Waals surface area contributed by atoms with Crippen molar-refractivity contribution < 1.29 is 9.57 Å². The molecule has 0 aliphatic carbocycles. The molecule has 0 spiro atoms. The molecule has 0 aromatic heterocycles. The normalized spacial score (nSPS) is 35.3. The van der Waals surface area contributed by atoms with Gasteiger partial charge in [-0.15, -0.1) is 0 Å². The van der Waals surface area contributed by atoms with Crippen molar-refractivity contribution in [3.63, 3.8) is 0 Å². The Hall–Kier alpha value is -0.160. The molecule has 9 heavy (non-hydrogen) atoms. The fraction of sp³-hybridized carbons (Fsp3) is 1.00. The van der Waals surface area contributed by atoms with E-state index in [4.69, 9.17) is 16.4 Å². The summed E-state index contributed by atoms with van der Waals surface area (Å²) < 4.78 is 5.19. The molecule has 0 aromatic carbocycles. The van der Waals surface area contributed by atoms with Gasteiger partial charge in [0.05, 0.1) is 6.10 Å². The van der Waals surface area contributed by atoms with Gasteiger partial charge >= 0.3 is 0 Å². The molecule has 1 fully saturated rings. The number of hydrogen-bond acceptors (Lipinski definition) is 4. The van der Waals surface area contributed by atoms with Crippen molar-refractivity contribution >= 4 is 0 Å². The van der Waals surface area contributed by atoms with E-state index in [0.29, 0.717) is 6.54 Å². The van der Waals surface area contributed by atoms with Crippen molar-refractivity contribution in [2.24, 2.45) is 11.6 Å². The zero-order chi connectivity index (χ0) is 6.69. The van der Waals surface area contributed by atoms with E-state index in [-0.39, 0.29) is 12.4 Å².